The second kappa shape index (κ2) is 5.09. The lowest BCUT2D eigenvalue weighted by Gasteiger charge is -2.15. The van der Waals surface area contributed by atoms with Crippen LogP contribution in [0.2, 0.25) is 0 Å². The number of hydrogen-bond acceptors (Lipinski definition) is 1. The Morgan fingerprint density at radius 3 is 2.61 bits per heavy atom. The van der Waals surface area contributed by atoms with Gasteiger partial charge in [-0.3, -0.25) is 4.79 Å². The Bertz CT molecular complexity index is 484. The van der Waals surface area contributed by atoms with E-state index in [-0.39, 0.29) is 5.78 Å². The fourth-order valence-electron chi connectivity index (χ4n) is 2.73. The Balaban J connectivity index is 2.08. The first kappa shape index (κ1) is 13.1. The molecule has 0 amide bonds. The first-order valence-electron chi connectivity index (χ1n) is 6.77. The summed E-state index contributed by atoms with van der Waals surface area (Å²) >= 11 is 0. The number of hydrogen-bond donors (Lipinski definition) is 0. The molecule has 1 heteroatoms. The largest absolute Gasteiger partial charge is 0.294 e. The topological polar surface area (TPSA) is 17.1 Å². The minimum Gasteiger partial charge on any atom is -0.294 e. The molecule has 0 spiro atoms. The fraction of sp³-hybridized carbons (Fsp3) is 0.471. The number of rotatable bonds is 3. The van der Waals surface area contributed by atoms with Crippen LogP contribution in [0.4, 0.5) is 0 Å². The predicted molar refractivity (Wildman–Crippen MR) is 75.9 cm³/mol. The van der Waals surface area contributed by atoms with Crippen molar-refractivity contribution in [3.8, 4) is 0 Å². The second-order valence-corrected chi connectivity index (χ2v) is 5.67. The van der Waals surface area contributed by atoms with E-state index in [0.29, 0.717) is 18.3 Å². The maximum Gasteiger partial charge on any atom is 0.163 e. The van der Waals surface area contributed by atoms with Gasteiger partial charge in [-0.15, -0.1) is 0 Å². The quantitative estimate of drug-likeness (QED) is 0.564. The van der Waals surface area contributed by atoms with Gasteiger partial charge in [0.2, 0.25) is 0 Å². The Morgan fingerprint density at radius 1 is 1.33 bits per heavy atom. The Hall–Kier alpha value is -1.37. The summed E-state index contributed by atoms with van der Waals surface area (Å²) in [5, 5.41) is 0. The molecular weight excluding hydrogens is 220 g/mol. The molecule has 1 aliphatic rings. The van der Waals surface area contributed by atoms with Crippen LogP contribution in [0.5, 0.6) is 0 Å². The number of aryl methyl sites for hydroxylation is 2. The Kier molecular flexibility index (Phi) is 3.70. The third kappa shape index (κ3) is 2.55. The molecule has 18 heavy (non-hydrogen) atoms. The highest BCUT2D eigenvalue weighted by atomic mass is 16.1. The van der Waals surface area contributed by atoms with Gasteiger partial charge in [0.15, 0.2) is 5.78 Å². The zero-order valence-electron chi connectivity index (χ0n) is 11.6. The van der Waals surface area contributed by atoms with Crippen molar-refractivity contribution >= 4 is 5.78 Å². The summed E-state index contributed by atoms with van der Waals surface area (Å²) in [5.74, 6) is 1.27. The standard InChI is InChI=1S/C17H22O/c1-11-5-8-16(9-13(11)3)17(18)10-15-7-6-12(2)14(15)4/h5,8-9,14-15H,2,6-7,10H2,1,3-4H3/t14?,15-/m0/s1. The van der Waals surface area contributed by atoms with Gasteiger partial charge in [-0.05, 0) is 55.7 Å². The van der Waals surface area contributed by atoms with E-state index in [1.807, 2.05) is 18.2 Å². The number of Topliss-reactive ketones (excluding diaryl/α,β-unsaturated/α-hetero) is 1. The SMILES string of the molecule is C=C1CC[C@@H](CC(=O)c2ccc(C)c(C)c2)C1C. The summed E-state index contributed by atoms with van der Waals surface area (Å²) in [4.78, 5) is 12.3. The predicted octanol–water partition coefficient (Wildman–Crippen LogP) is 4.48. The van der Waals surface area contributed by atoms with E-state index < -0.39 is 0 Å². The maximum atomic E-state index is 12.3. The van der Waals surface area contributed by atoms with Crippen molar-refractivity contribution in [1.29, 1.82) is 0 Å². The lowest BCUT2D eigenvalue weighted by atomic mass is 9.89. The summed E-state index contributed by atoms with van der Waals surface area (Å²) in [6, 6.07) is 6.02. The number of ketones is 1. The molecule has 0 N–H and O–H groups in total. The highest BCUT2D eigenvalue weighted by molar-refractivity contribution is 5.96. The summed E-state index contributed by atoms with van der Waals surface area (Å²) in [5.41, 5.74) is 4.62. The first-order chi connectivity index (χ1) is 8.49. The molecule has 1 aromatic carbocycles. The van der Waals surface area contributed by atoms with Crippen LogP contribution in [0.1, 0.15) is 47.7 Å². The van der Waals surface area contributed by atoms with Crippen LogP contribution >= 0.6 is 0 Å². The normalized spacial score (nSPS) is 23.4. The van der Waals surface area contributed by atoms with Crippen molar-refractivity contribution in [3.63, 3.8) is 0 Å². The summed E-state index contributed by atoms with van der Waals surface area (Å²) < 4.78 is 0. The van der Waals surface area contributed by atoms with Crippen LogP contribution < -0.4 is 0 Å². The van der Waals surface area contributed by atoms with E-state index >= 15 is 0 Å². The zero-order chi connectivity index (χ0) is 13.3. The number of allylic oxidation sites excluding steroid dienone is 1. The van der Waals surface area contributed by atoms with Gasteiger partial charge in [0.05, 0.1) is 0 Å². The van der Waals surface area contributed by atoms with Crippen LogP contribution in [0.15, 0.2) is 30.4 Å². The van der Waals surface area contributed by atoms with Gasteiger partial charge in [0.1, 0.15) is 0 Å². The molecule has 1 aliphatic carbocycles. The smallest absolute Gasteiger partial charge is 0.163 e. The molecule has 0 radical (unpaired) electrons. The Morgan fingerprint density at radius 2 is 2.06 bits per heavy atom. The highest BCUT2D eigenvalue weighted by Crippen LogP contribution is 2.37. The van der Waals surface area contributed by atoms with Crippen molar-refractivity contribution < 1.29 is 4.79 Å². The van der Waals surface area contributed by atoms with Crippen LogP contribution in [0, 0.1) is 25.7 Å². The molecule has 2 rings (SSSR count). The molecule has 1 saturated carbocycles. The lowest BCUT2D eigenvalue weighted by Crippen LogP contribution is -2.12. The molecule has 1 fully saturated rings. The molecule has 1 aromatic rings. The molecule has 0 saturated heterocycles. The first-order valence-corrected chi connectivity index (χ1v) is 6.77. The van der Waals surface area contributed by atoms with Crippen molar-refractivity contribution in [2.75, 3.05) is 0 Å². The van der Waals surface area contributed by atoms with Gasteiger partial charge >= 0.3 is 0 Å². The van der Waals surface area contributed by atoms with Crippen LogP contribution in [0.3, 0.4) is 0 Å². The molecule has 1 unspecified atom stereocenters. The van der Waals surface area contributed by atoms with E-state index in [2.05, 4.69) is 27.4 Å². The maximum absolute atomic E-state index is 12.3. The van der Waals surface area contributed by atoms with Crippen molar-refractivity contribution in [3.05, 3.63) is 47.0 Å². The fourth-order valence-corrected chi connectivity index (χ4v) is 2.73. The van der Waals surface area contributed by atoms with E-state index in [0.717, 1.165) is 18.4 Å². The van der Waals surface area contributed by atoms with Gasteiger partial charge < -0.3 is 0 Å². The lowest BCUT2D eigenvalue weighted by molar-refractivity contribution is 0.0954. The number of benzene rings is 1. The minimum atomic E-state index is 0.282. The van der Waals surface area contributed by atoms with Gasteiger partial charge in [0, 0.05) is 12.0 Å². The van der Waals surface area contributed by atoms with E-state index in [4.69, 9.17) is 0 Å². The third-order valence-electron chi connectivity index (χ3n) is 4.46. The summed E-state index contributed by atoms with van der Waals surface area (Å²) in [6.07, 6.45) is 2.88. The zero-order valence-corrected chi connectivity index (χ0v) is 11.6. The van der Waals surface area contributed by atoms with Crippen molar-refractivity contribution in [2.24, 2.45) is 11.8 Å². The minimum absolute atomic E-state index is 0.282. The summed E-state index contributed by atoms with van der Waals surface area (Å²) in [7, 11) is 0. The van der Waals surface area contributed by atoms with Gasteiger partial charge in [-0.25, -0.2) is 0 Å². The van der Waals surface area contributed by atoms with Gasteiger partial charge in [0.25, 0.3) is 0 Å². The number of carbonyl (C=O) groups is 1. The molecular formula is C17H22O. The third-order valence-corrected chi connectivity index (χ3v) is 4.46. The van der Waals surface area contributed by atoms with Crippen molar-refractivity contribution in [2.45, 2.75) is 40.0 Å². The van der Waals surface area contributed by atoms with Crippen LogP contribution in [-0.4, -0.2) is 5.78 Å². The Labute approximate surface area is 110 Å². The van der Waals surface area contributed by atoms with Crippen LogP contribution in [-0.2, 0) is 0 Å². The van der Waals surface area contributed by atoms with Gasteiger partial charge in [-0.2, -0.15) is 0 Å². The average Bonchev–Trinajstić information content (AvgIpc) is 2.64. The molecule has 1 nitrogen and oxygen atoms in total. The molecule has 2 atom stereocenters. The van der Waals surface area contributed by atoms with Crippen LogP contribution in [0.25, 0.3) is 0 Å². The molecule has 0 heterocycles. The second-order valence-electron chi connectivity index (χ2n) is 5.67. The van der Waals surface area contributed by atoms with E-state index in [9.17, 15) is 4.79 Å². The highest BCUT2D eigenvalue weighted by Gasteiger charge is 2.28. The monoisotopic (exact) mass is 242 g/mol. The van der Waals surface area contributed by atoms with E-state index in [1.165, 1.54) is 16.7 Å². The molecule has 0 aromatic heterocycles. The molecule has 0 aliphatic heterocycles. The molecule has 96 valence electrons. The van der Waals surface area contributed by atoms with Crippen molar-refractivity contribution in [1.82, 2.24) is 0 Å². The molecule has 0 bridgehead atoms. The van der Waals surface area contributed by atoms with Gasteiger partial charge in [-0.1, -0.05) is 31.2 Å². The number of carbonyl (C=O) groups excluding carboxylic acids is 1. The summed E-state index contributed by atoms with van der Waals surface area (Å²) in [6.45, 7) is 10.4. The van der Waals surface area contributed by atoms with E-state index in [1.54, 1.807) is 0 Å². The average molecular weight is 242 g/mol.